The Morgan fingerprint density at radius 2 is 1.76 bits per heavy atom. The van der Waals surface area contributed by atoms with E-state index in [4.69, 9.17) is 9.84 Å². The average Bonchev–Trinajstić information content (AvgIpc) is 3.18. The van der Waals surface area contributed by atoms with Crippen LogP contribution >= 0.6 is 0 Å². The van der Waals surface area contributed by atoms with Crippen LogP contribution < -0.4 is 4.90 Å². The van der Waals surface area contributed by atoms with E-state index >= 15 is 0 Å². The van der Waals surface area contributed by atoms with Gasteiger partial charge in [-0.05, 0) is 36.8 Å². The minimum Gasteiger partial charge on any atom is -0.367 e. The lowest BCUT2D eigenvalue weighted by Crippen LogP contribution is -2.48. The first kappa shape index (κ1) is 17.8. The lowest BCUT2D eigenvalue weighted by atomic mass is 9.94. The van der Waals surface area contributed by atoms with Crippen molar-refractivity contribution in [2.45, 2.75) is 12.5 Å². The molecule has 3 heterocycles. The zero-order valence-electron chi connectivity index (χ0n) is 16.0. The maximum Gasteiger partial charge on any atom is 0.188 e. The standard InChI is InChI=1S/C22H20FN5O/c1-22(16-7-3-2-4-8-16)15-27(13-14-29-22)20-12-11-19-24-25-21(28(19)26-20)17-9-5-6-10-18(17)23/h2-12H,13-15H2,1H3. The molecule has 5 rings (SSSR count). The molecule has 1 aliphatic rings. The number of aromatic nitrogens is 4. The third kappa shape index (κ3) is 3.13. The Balaban J connectivity index is 1.52. The highest BCUT2D eigenvalue weighted by Gasteiger charge is 2.34. The van der Waals surface area contributed by atoms with E-state index in [0.29, 0.717) is 30.2 Å². The molecule has 146 valence electrons. The molecule has 1 unspecified atom stereocenters. The van der Waals surface area contributed by atoms with Gasteiger partial charge < -0.3 is 9.64 Å². The molecular formula is C22H20FN5O. The fourth-order valence-electron chi connectivity index (χ4n) is 3.79. The summed E-state index contributed by atoms with van der Waals surface area (Å²) in [5, 5.41) is 13.0. The van der Waals surface area contributed by atoms with E-state index in [-0.39, 0.29) is 5.82 Å². The lowest BCUT2D eigenvalue weighted by molar-refractivity contribution is -0.0468. The topological polar surface area (TPSA) is 55.6 Å². The van der Waals surface area contributed by atoms with Gasteiger partial charge in [0.2, 0.25) is 0 Å². The van der Waals surface area contributed by atoms with Gasteiger partial charge in [0.25, 0.3) is 0 Å². The van der Waals surface area contributed by atoms with Gasteiger partial charge in [-0.1, -0.05) is 42.5 Å². The minimum absolute atomic E-state index is 0.350. The molecule has 0 radical (unpaired) electrons. The molecule has 0 bridgehead atoms. The minimum atomic E-state index is -0.433. The SMILES string of the molecule is CC1(c2ccccc2)CN(c2ccc3nnc(-c4ccccc4F)n3n2)CCO1. The molecule has 1 saturated heterocycles. The van der Waals surface area contributed by atoms with Gasteiger partial charge in [0.05, 0.1) is 18.7 Å². The van der Waals surface area contributed by atoms with Crippen LogP contribution in [0.25, 0.3) is 17.0 Å². The highest BCUT2D eigenvalue weighted by Crippen LogP contribution is 2.31. The molecule has 0 N–H and O–H groups in total. The van der Waals surface area contributed by atoms with Gasteiger partial charge in [0.15, 0.2) is 11.5 Å². The fourth-order valence-corrected chi connectivity index (χ4v) is 3.79. The van der Waals surface area contributed by atoms with Crippen molar-refractivity contribution in [2.24, 2.45) is 0 Å². The normalized spacial score (nSPS) is 19.6. The number of ether oxygens (including phenoxy) is 1. The van der Waals surface area contributed by atoms with Crippen LogP contribution in [0.1, 0.15) is 12.5 Å². The van der Waals surface area contributed by atoms with Gasteiger partial charge in [0.1, 0.15) is 17.2 Å². The van der Waals surface area contributed by atoms with E-state index in [0.717, 1.165) is 17.9 Å². The number of fused-ring (bicyclic) bond motifs is 1. The Bertz CT molecular complexity index is 1160. The summed E-state index contributed by atoms with van der Waals surface area (Å²) in [5.41, 5.74) is 1.64. The molecule has 1 fully saturated rings. The fraction of sp³-hybridized carbons (Fsp3) is 0.227. The molecule has 0 saturated carbocycles. The summed E-state index contributed by atoms with van der Waals surface area (Å²) in [7, 11) is 0. The molecule has 0 aliphatic carbocycles. The molecule has 0 amide bonds. The molecule has 1 aliphatic heterocycles. The number of hydrogen-bond donors (Lipinski definition) is 0. The summed E-state index contributed by atoms with van der Waals surface area (Å²) in [6.07, 6.45) is 0. The summed E-state index contributed by atoms with van der Waals surface area (Å²) >= 11 is 0. The maximum absolute atomic E-state index is 14.3. The van der Waals surface area contributed by atoms with Crippen LogP contribution in [-0.4, -0.2) is 39.5 Å². The molecule has 4 aromatic rings. The van der Waals surface area contributed by atoms with Crippen molar-refractivity contribution in [1.82, 2.24) is 19.8 Å². The van der Waals surface area contributed by atoms with Crippen molar-refractivity contribution in [2.75, 3.05) is 24.6 Å². The molecule has 6 nitrogen and oxygen atoms in total. The van der Waals surface area contributed by atoms with E-state index in [2.05, 4.69) is 34.2 Å². The van der Waals surface area contributed by atoms with Crippen LogP contribution in [0, 0.1) is 5.82 Å². The predicted molar refractivity (Wildman–Crippen MR) is 108 cm³/mol. The number of hydrogen-bond acceptors (Lipinski definition) is 5. The van der Waals surface area contributed by atoms with Crippen LogP contribution in [-0.2, 0) is 10.3 Å². The number of halogens is 1. The summed E-state index contributed by atoms with van der Waals surface area (Å²) in [4.78, 5) is 2.18. The Morgan fingerprint density at radius 3 is 2.59 bits per heavy atom. The van der Waals surface area contributed by atoms with Gasteiger partial charge in [-0.2, -0.15) is 4.52 Å². The van der Waals surface area contributed by atoms with Crippen LogP contribution in [0.15, 0.2) is 66.7 Å². The quantitative estimate of drug-likeness (QED) is 0.535. The van der Waals surface area contributed by atoms with Crippen LogP contribution in [0.3, 0.4) is 0 Å². The van der Waals surface area contributed by atoms with Gasteiger partial charge in [-0.15, -0.1) is 15.3 Å². The Kier molecular flexibility index (Phi) is 4.24. The van der Waals surface area contributed by atoms with Crippen molar-refractivity contribution in [3.63, 3.8) is 0 Å². The summed E-state index contributed by atoms with van der Waals surface area (Å²) in [6, 6.07) is 20.5. The van der Waals surface area contributed by atoms with Gasteiger partial charge in [-0.3, -0.25) is 0 Å². The number of morpholine rings is 1. The first-order valence-electron chi connectivity index (χ1n) is 9.56. The Morgan fingerprint density at radius 1 is 0.966 bits per heavy atom. The smallest absolute Gasteiger partial charge is 0.188 e. The van der Waals surface area contributed by atoms with Crippen molar-refractivity contribution in [3.05, 3.63) is 78.1 Å². The van der Waals surface area contributed by atoms with Crippen LogP contribution in [0.4, 0.5) is 10.2 Å². The van der Waals surface area contributed by atoms with Crippen molar-refractivity contribution in [3.8, 4) is 11.4 Å². The zero-order valence-corrected chi connectivity index (χ0v) is 16.0. The second-order valence-electron chi connectivity index (χ2n) is 7.33. The number of nitrogens with zero attached hydrogens (tertiary/aromatic N) is 5. The predicted octanol–water partition coefficient (Wildman–Crippen LogP) is 3.68. The lowest BCUT2D eigenvalue weighted by Gasteiger charge is -2.41. The molecule has 1 atom stereocenters. The van der Waals surface area contributed by atoms with E-state index in [9.17, 15) is 4.39 Å². The number of rotatable bonds is 3. The van der Waals surface area contributed by atoms with Crippen LogP contribution in [0.5, 0.6) is 0 Å². The van der Waals surface area contributed by atoms with E-state index in [1.54, 1.807) is 22.7 Å². The van der Waals surface area contributed by atoms with Gasteiger partial charge in [0, 0.05) is 6.54 Å². The number of benzene rings is 2. The first-order chi connectivity index (χ1) is 14.1. The van der Waals surface area contributed by atoms with E-state index < -0.39 is 5.60 Å². The van der Waals surface area contributed by atoms with E-state index in [1.165, 1.54) is 6.07 Å². The van der Waals surface area contributed by atoms with Crippen molar-refractivity contribution < 1.29 is 9.13 Å². The highest BCUT2D eigenvalue weighted by atomic mass is 19.1. The first-order valence-corrected chi connectivity index (χ1v) is 9.56. The third-order valence-corrected chi connectivity index (χ3v) is 5.35. The monoisotopic (exact) mass is 389 g/mol. The molecule has 7 heteroatoms. The summed E-state index contributed by atoms with van der Waals surface area (Å²) in [5.74, 6) is 0.816. The second kappa shape index (κ2) is 6.93. The summed E-state index contributed by atoms with van der Waals surface area (Å²) in [6.45, 7) is 4.06. The van der Waals surface area contributed by atoms with Gasteiger partial charge in [-0.25, -0.2) is 4.39 Å². The second-order valence-corrected chi connectivity index (χ2v) is 7.33. The third-order valence-electron chi connectivity index (χ3n) is 5.35. The number of anilines is 1. The highest BCUT2D eigenvalue weighted by molar-refractivity contribution is 5.60. The Labute approximate surface area is 167 Å². The van der Waals surface area contributed by atoms with Crippen molar-refractivity contribution >= 4 is 11.5 Å². The zero-order chi connectivity index (χ0) is 19.8. The summed E-state index contributed by atoms with van der Waals surface area (Å²) < 4.78 is 22.0. The average molecular weight is 389 g/mol. The van der Waals surface area contributed by atoms with Crippen LogP contribution in [0.2, 0.25) is 0 Å². The molecule has 29 heavy (non-hydrogen) atoms. The molecule has 2 aromatic carbocycles. The van der Waals surface area contributed by atoms with Crippen molar-refractivity contribution in [1.29, 1.82) is 0 Å². The van der Waals surface area contributed by atoms with E-state index in [1.807, 2.05) is 30.3 Å². The molecule has 2 aromatic heterocycles. The molecular weight excluding hydrogens is 369 g/mol. The Hall–Kier alpha value is -3.32. The molecule has 0 spiro atoms. The van der Waals surface area contributed by atoms with Gasteiger partial charge >= 0.3 is 0 Å². The largest absolute Gasteiger partial charge is 0.367 e. The maximum atomic E-state index is 14.3.